The molecule has 6 heteroatoms. The summed E-state index contributed by atoms with van der Waals surface area (Å²) in [6, 6.07) is 0. The molecular formula is C2H6NaO3S2. The van der Waals surface area contributed by atoms with E-state index >= 15 is 0 Å². The summed E-state index contributed by atoms with van der Waals surface area (Å²) in [5.74, 6) is -0.0312. The van der Waals surface area contributed by atoms with Gasteiger partial charge in [0.05, 0.1) is 5.75 Å². The first-order valence-corrected chi connectivity index (χ1v) is 3.62. The third-order valence-corrected chi connectivity index (χ3v) is 2.08. The van der Waals surface area contributed by atoms with Crippen molar-refractivity contribution in [3.8, 4) is 0 Å². The van der Waals surface area contributed by atoms with E-state index in [1.807, 2.05) is 0 Å². The summed E-state index contributed by atoms with van der Waals surface area (Å²) in [5.41, 5.74) is 0. The van der Waals surface area contributed by atoms with Crippen molar-refractivity contribution in [2.45, 2.75) is 6.92 Å². The van der Waals surface area contributed by atoms with Gasteiger partial charge in [0.25, 0.3) is 10.1 Å². The molecule has 0 amide bonds. The molecule has 0 rings (SSSR count). The van der Waals surface area contributed by atoms with Gasteiger partial charge in [0, 0.05) is 29.6 Å². The number of hydrogen-bond acceptors (Lipinski definition) is 4. The minimum Gasteiger partial charge on any atom is -0.201 e. The number of rotatable bonds is 2. The van der Waals surface area contributed by atoms with Crippen molar-refractivity contribution >= 4 is 52.6 Å². The zero-order valence-electron chi connectivity index (χ0n) is 4.79. The molecule has 0 aliphatic carbocycles. The summed E-state index contributed by atoms with van der Waals surface area (Å²) in [7, 11) is -3.29. The average Bonchev–Trinajstić information content (AvgIpc) is 1.68. The van der Waals surface area contributed by atoms with E-state index in [1.165, 1.54) is 6.92 Å². The van der Waals surface area contributed by atoms with Gasteiger partial charge in [0.1, 0.15) is 0 Å². The minimum atomic E-state index is -3.29. The van der Waals surface area contributed by atoms with Gasteiger partial charge in [0.15, 0.2) is 0 Å². The molecule has 0 fully saturated rings. The van der Waals surface area contributed by atoms with Crippen molar-refractivity contribution in [3.63, 3.8) is 0 Å². The van der Waals surface area contributed by atoms with E-state index in [0.717, 1.165) is 0 Å². The van der Waals surface area contributed by atoms with E-state index in [4.69, 9.17) is 0 Å². The largest absolute Gasteiger partial charge is 0.277 e. The van der Waals surface area contributed by atoms with Crippen molar-refractivity contribution in [2.24, 2.45) is 0 Å². The smallest absolute Gasteiger partial charge is 0.201 e. The van der Waals surface area contributed by atoms with E-state index in [-0.39, 0.29) is 35.3 Å². The molecule has 8 heavy (non-hydrogen) atoms. The van der Waals surface area contributed by atoms with Crippen LogP contribution in [0.2, 0.25) is 0 Å². The molecule has 0 aromatic carbocycles. The van der Waals surface area contributed by atoms with Gasteiger partial charge in [-0.25, -0.2) is 3.63 Å². The average molecular weight is 165 g/mol. The normalized spacial score (nSPS) is 10.2. The fourth-order valence-electron chi connectivity index (χ4n) is 0.0527. The Kier molecular flexibility index (Phi) is 7.61. The molecule has 0 aliphatic heterocycles. The molecule has 0 aliphatic rings. The quantitative estimate of drug-likeness (QED) is 0.350. The fourth-order valence-corrected chi connectivity index (χ4v) is 0.474. The van der Waals surface area contributed by atoms with E-state index in [2.05, 4.69) is 16.5 Å². The molecule has 1 radical (unpaired) electrons. The van der Waals surface area contributed by atoms with Crippen molar-refractivity contribution in [3.05, 3.63) is 0 Å². The molecule has 0 unspecified atom stereocenters. The first-order valence-electron chi connectivity index (χ1n) is 1.68. The van der Waals surface area contributed by atoms with Crippen LogP contribution in [-0.4, -0.2) is 43.7 Å². The maximum atomic E-state index is 10.1. The van der Waals surface area contributed by atoms with E-state index in [9.17, 15) is 8.42 Å². The molecule has 3 nitrogen and oxygen atoms in total. The molecule has 0 saturated heterocycles. The van der Waals surface area contributed by atoms with Gasteiger partial charge in [-0.05, 0) is 19.8 Å². The summed E-state index contributed by atoms with van der Waals surface area (Å²) < 4.78 is 23.9. The van der Waals surface area contributed by atoms with E-state index in [1.54, 1.807) is 0 Å². The predicted octanol–water partition coefficient (Wildman–Crippen LogP) is -0.183. The Morgan fingerprint density at radius 3 is 2.00 bits per heavy atom. The Bertz CT molecular complexity index is 118. The Balaban J connectivity index is 0. The second-order valence-corrected chi connectivity index (χ2v) is 3.21. The topological polar surface area (TPSA) is 43.4 Å². The van der Waals surface area contributed by atoms with Crippen LogP contribution in [0.15, 0.2) is 0 Å². The van der Waals surface area contributed by atoms with Crippen LogP contribution < -0.4 is 0 Å². The SMILES string of the molecule is CCS(=O)(=O)OS.[Na]. The molecule has 0 heterocycles. The number of thiol groups is 1. The maximum absolute atomic E-state index is 10.1. The van der Waals surface area contributed by atoms with Crippen LogP contribution in [-0.2, 0) is 13.7 Å². The van der Waals surface area contributed by atoms with Crippen molar-refractivity contribution in [1.82, 2.24) is 0 Å². The molecule has 0 N–H and O–H groups in total. The van der Waals surface area contributed by atoms with Crippen LogP contribution in [0.5, 0.6) is 0 Å². The molecule has 0 spiro atoms. The van der Waals surface area contributed by atoms with Crippen LogP contribution in [0.3, 0.4) is 0 Å². The summed E-state index contributed by atoms with van der Waals surface area (Å²) in [5, 5.41) is 0. The predicted molar refractivity (Wildman–Crippen MR) is 35.3 cm³/mol. The minimum absolute atomic E-state index is 0. The first kappa shape index (κ1) is 12.0. The zero-order valence-corrected chi connectivity index (χ0v) is 8.50. The van der Waals surface area contributed by atoms with Crippen LogP contribution in [0.4, 0.5) is 0 Å². The van der Waals surface area contributed by atoms with Gasteiger partial charge < -0.3 is 0 Å². The molecule has 0 bridgehead atoms. The summed E-state index contributed by atoms with van der Waals surface area (Å²) in [6.45, 7) is 1.48. The monoisotopic (exact) mass is 165 g/mol. The van der Waals surface area contributed by atoms with Gasteiger partial charge in [-0.2, -0.15) is 8.42 Å². The van der Waals surface area contributed by atoms with Gasteiger partial charge in [-0.1, -0.05) is 0 Å². The molecular weight excluding hydrogens is 159 g/mol. The van der Waals surface area contributed by atoms with Crippen molar-refractivity contribution in [1.29, 1.82) is 0 Å². The second kappa shape index (κ2) is 5.08. The van der Waals surface area contributed by atoms with Gasteiger partial charge in [-0.15, -0.1) is 0 Å². The summed E-state index contributed by atoms with van der Waals surface area (Å²) in [6.07, 6.45) is 0. The molecule has 0 aromatic heterocycles. The van der Waals surface area contributed by atoms with E-state index < -0.39 is 10.1 Å². The third kappa shape index (κ3) is 5.40. The van der Waals surface area contributed by atoms with Gasteiger partial charge in [-0.3, -0.25) is 0 Å². The van der Waals surface area contributed by atoms with E-state index in [0.29, 0.717) is 0 Å². The fraction of sp³-hybridized carbons (Fsp3) is 1.00. The van der Waals surface area contributed by atoms with Crippen molar-refractivity contribution < 1.29 is 12.0 Å². The molecule has 0 atom stereocenters. The number of hydrogen-bond donors (Lipinski definition) is 1. The van der Waals surface area contributed by atoms with Crippen LogP contribution >= 0.6 is 12.9 Å². The summed E-state index contributed by atoms with van der Waals surface area (Å²) >= 11 is 3.09. The maximum Gasteiger partial charge on any atom is 0.277 e. The Morgan fingerprint density at radius 2 is 2.00 bits per heavy atom. The molecule has 0 saturated carbocycles. The Labute approximate surface area is 76.8 Å². The summed E-state index contributed by atoms with van der Waals surface area (Å²) in [4.78, 5) is 0. The van der Waals surface area contributed by atoms with Crippen LogP contribution in [0, 0.1) is 0 Å². The second-order valence-electron chi connectivity index (χ2n) is 0.921. The van der Waals surface area contributed by atoms with Crippen LogP contribution in [0.1, 0.15) is 6.92 Å². The first-order chi connectivity index (χ1) is 3.12. The molecule has 0 aromatic rings. The van der Waals surface area contributed by atoms with Crippen molar-refractivity contribution in [2.75, 3.05) is 5.75 Å². The van der Waals surface area contributed by atoms with Gasteiger partial charge in [0.2, 0.25) is 0 Å². The Morgan fingerprint density at radius 1 is 1.62 bits per heavy atom. The zero-order chi connectivity index (χ0) is 5.91. The van der Waals surface area contributed by atoms with Gasteiger partial charge >= 0.3 is 0 Å². The standard InChI is InChI=1S/C2H6O3S2.Na/c1-2-7(3,4)5-6;/h6H,2H2,1H3;. The van der Waals surface area contributed by atoms with Crippen LogP contribution in [0.25, 0.3) is 0 Å². The third-order valence-electron chi connectivity index (χ3n) is 0.467. The molecule has 45 valence electrons. The Hall–Kier alpha value is 1.26.